The van der Waals surface area contributed by atoms with Crippen molar-refractivity contribution in [3.8, 4) is 11.8 Å². The summed E-state index contributed by atoms with van der Waals surface area (Å²) in [5.41, 5.74) is 4.26. The Bertz CT molecular complexity index is 1130. The van der Waals surface area contributed by atoms with E-state index in [-0.39, 0.29) is 11.8 Å². The van der Waals surface area contributed by atoms with Crippen LogP contribution < -0.4 is 15.0 Å². The molecule has 1 aliphatic heterocycles. The standard InChI is InChI=1S/C24H24N4O2/c1-16-6-7-22-21(12-16)23(18(14-25)15-26-22)28-10-8-17(9-11-28)24(29)27-19-4-3-5-20(13-19)30-2/h3-7,12-13,15,17H,8-11H2,1-2H3,(H,27,29). The first-order valence-corrected chi connectivity index (χ1v) is 10.1. The Morgan fingerprint density at radius 3 is 2.77 bits per heavy atom. The fraction of sp³-hybridized carbons (Fsp3) is 0.292. The van der Waals surface area contributed by atoms with Crippen molar-refractivity contribution in [1.29, 1.82) is 5.26 Å². The maximum atomic E-state index is 12.8. The third-order valence-electron chi connectivity index (χ3n) is 5.63. The first kappa shape index (κ1) is 19.7. The lowest BCUT2D eigenvalue weighted by Gasteiger charge is -2.34. The first-order valence-electron chi connectivity index (χ1n) is 10.1. The highest BCUT2D eigenvalue weighted by Gasteiger charge is 2.27. The van der Waals surface area contributed by atoms with Gasteiger partial charge in [-0.15, -0.1) is 0 Å². The number of carbonyl (C=O) groups excluding carboxylic acids is 1. The zero-order valence-corrected chi connectivity index (χ0v) is 17.2. The second-order valence-corrected chi connectivity index (χ2v) is 7.64. The number of aromatic nitrogens is 1. The number of aryl methyl sites for hydroxylation is 1. The Morgan fingerprint density at radius 2 is 2.03 bits per heavy atom. The second kappa shape index (κ2) is 8.42. The van der Waals surface area contributed by atoms with Gasteiger partial charge in [0, 0.05) is 42.3 Å². The number of nitrogens with zero attached hydrogens (tertiary/aromatic N) is 3. The molecule has 152 valence electrons. The number of methoxy groups -OCH3 is 1. The number of nitriles is 1. The summed E-state index contributed by atoms with van der Waals surface area (Å²) in [5.74, 6) is 0.679. The average Bonchev–Trinajstić information content (AvgIpc) is 2.78. The number of anilines is 2. The predicted octanol–water partition coefficient (Wildman–Crippen LogP) is 4.28. The Labute approximate surface area is 176 Å². The van der Waals surface area contributed by atoms with Gasteiger partial charge in [0.15, 0.2) is 0 Å². The molecule has 2 aromatic carbocycles. The molecule has 4 rings (SSSR count). The van der Waals surface area contributed by atoms with Crippen molar-refractivity contribution >= 4 is 28.2 Å². The maximum absolute atomic E-state index is 12.8. The number of carbonyl (C=O) groups is 1. The van der Waals surface area contributed by atoms with Gasteiger partial charge in [0.1, 0.15) is 11.8 Å². The molecule has 1 aromatic heterocycles. The summed E-state index contributed by atoms with van der Waals surface area (Å²) >= 11 is 0. The highest BCUT2D eigenvalue weighted by Crippen LogP contribution is 2.33. The average molecular weight is 400 g/mol. The topological polar surface area (TPSA) is 78.2 Å². The van der Waals surface area contributed by atoms with Crippen LogP contribution in [0.2, 0.25) is 0 Å². The van der Waals surface area contributed by atoms with Crippen molar-refractivity contribution < 1.29 is 9.53 Å². The molecule has 1 aliphatic rings. The number of benzene rings is 2. The molecule has 1 fully saturated rings. The second-order valence-electron chi connectivity index (χ2n) is 7.64. The molecule has 0 radical (unpaired) electrons. The number of amides is 1. The third kappa shape index (κ3) is 3.92. The summed E-state index contributed by atoms with van der Waals surface area (Å²) in [6.07, 6.45) is 3.11. The molecule has 6 nitrogen and oxygen atoms in total. The van der Waals surface area contributed by atoms with E-state index in [1.54, 1.807) is 13.3 Å². The number of nitrogens with one attached hydrogen (secondary N) is 1. The number of rotatable bonds is 4. The lowest BCUT2D eigenvalue weighted by molar-refractivity contribution is -0.120. The molecule has 1 amide bonds. The summed E-state index contributed by atoms with van der Waals surface area (Å²) in [5, 5.41) is 13.6. The lowest BCUT2D eigenvalue weighted by atomic mass is 9.94. The van der Waals surface area contributed by atoms with E-state index in [9.17, 15) is 10.1 Å². The zero-order valence-electron chi connectivity index (χ0n) is 17.2. The van der Waals surface area contributed by atoms with E-state index >= 15 is 0 Å². The predicted molar refractivity (Wildman–Crippen MR) is 118 cm³/mol. The largest absolute Gasteiger partial charge is 0.497 e. The molecule has 0 aliphatic carbocycles. The minimum absolute atomic E-state index is 0.0267. The normalized spacial score (nSPS) is 14.4. The first-order chi connectivity index (χ1) is 14.6. The van der Waals surface area contributed by atoms with E-state index < -0.39 is 0 Å². The van der Waals surface area contributed by atoms with Crippen LogP contribution in [0, 0.1) is 24.2 Å². The van der Waals surface area contributed by atoms with Gasteiger partial charge in [-0.1, -0.05) is 17.7 Å². The molecule has 6 heteroatoms. The summed E-state index contributed by atoms with van der Waals surface area (Å²) in [6.45, 7) is 3.48. The summed E-state index contributed by atoms with van der Waals surface area (Å²) in [6, 6.07) is 15.8. The number of pyridine rings is 1. The molecule has 0 saturated carbocycles. The molecule has 0 bridgehead atoms. The van der Waals surface area contributed by atoms with Crippen molar-refractivity contribution in [3.63, 3.8) is 0 Å². The van der Waals surface area contributed by atoms with Crippen molar-refractivity contribution in [2.45, 2.75) is 19.8 Å². The van der Waals surface area contributed by atoms with Gasteiger partial charge in [-0.2, -0.15) is 5.26 Å². The fourth-order valence-corrected chi connectivity index (χ4v) is 4.03. The lowest BCUT2D eigenvalue weighted by Crippen LogP contribution is -2.38. The highest BCUT2D eigenvalue weighted by atomic mass is 16.5. The van der Waals surface area contributed by atoms with Crippen molar-refractivity contribution in [1.82, 2.24) is 4.98 Å². The van der Waals surface area contributed by atoms with Crippen molar-refractivity contribution in [2.75, 3.05) is 30.4 Å². The Balaban J connectivity index is 1.50. The van der Waals surface area contributed by atoms with E-state index in [4.69, 9.17) is 4.74 Å². The molecular formula is C24H24N4O2. The van der Waals surface area contributed by atoms with Gasteiger partial charge in [0.2, 0.25) is 5.91 Å². The SMILES string of the molecule is COc1cccc(NC(=O)C2CCN(c3c(C#N)cnc4ccc(C)cc34)CC2)c1. The van der Waals surface area contributed by atoms with Gasteiger partial charge in [-0.05, 0) is 44.0 Å². The third-order valence-corrected chi connectivity index (χ3v) is 5.63. The van der Waals surface area contributed by atoms with Crippen LogP contribution >= 0.6 is 0 Å². The minimum Gasteiger partial charge on any atom is -0.497 e. The van der Waals surface area contributed by atoms with Crippen LogP contribution in [0.15, 0.2) is 48.7 Å². The molecule has 1 N–H and O–H groups in total. The number of hydrogen-bond donors (Lipinski definition) is 1. The summed E-state index contributed by atoms with van der Waals surface area (Å²) < 4.78 is 5.22. The Kier molecular flexibility index (Phi) is 5.53. The Morgan fingerprint density at radius 1 is 1.23 bits per heavy atom. The molecule has 0 atom stereocenters. The number of hydrogen-bond acceptors (Lipinski definition) is 5. The number of fused-ring (bicyclic) bond motifs is 1. The minimum atomic E-state index is -0.0622. The monoisotopic (exact) mass is 400 g/mol. The zero-order chi connectivity index (χ0) is 21.1. The molecule has 0 spiro atoms. The molecule has 1 saturated heterocycles. The van der Waals surface area contributed by atoms with Gasteiger partial charge in [-0.3, -0.25) is 9.78 Å². The molecule has 0 unspecified atom stereocenters. The molecule has 30 heavy (non-hydrogen) atoms. The smallest absolute Gasteiger partial charge is 0.227 e. The highest BCUT2D eigenvalue weighted by molar-refractivity contribution is 5.96. The van der Waals surface area contributed by atoms with E-state index in [0.717, 1.165) is 53.8 Å². The quantitative estimate of drug-likeness (QED) is 0.707. The molecule has 2 heterocycles. The van der Waals surface area contributed by atoms with Gasteiger partial charge >= 0.3 is 0 Å². The number of ether oxygens (including phenoxy) is 1. The van der Waals surface area contributed by atoms with Crippen molar-refractivity contribution in [2.24, 2.45) is 5.92 Å². The molecular weight excluding hydrogens is 376 g/mol. The van der Waals surface area contributed by atoms with Crippen LogP contribution in [0.5, 0.6) is 5.75 Å². The van der Waals surface area contributed by atoms with Gasteiger partial charge in [0.25, 0.3) is 0 Å². The number of piperidine rings is 1. The van der Waals surface area contributed by atoms with Crippen LogP contribution in [0.3, 0.4) is 0 Å². The van der Waals surface area contributed by atoms with Crippen molar-refractivity contribution in [3.05, 3.63) is 59.8 Å². The Hall–Kier alpha value is -3.59. The van der Waals surface area contributed by atoms with E-state index in [1.165, 1.54) is 0 Å². The van der Waals surface area contributed by atoms with E-state index in [2.05, 4.69) is 27.3 Å². The summed E-state index contributed by atoms with van der Waals surface area (Å²) in [4.78, 5) is 19.4. The van der Waals surface area contributed by atoms with E-state index in [1.807, 2.05) is 43.3 Å². The summed E-state index contributed by atoms with van der Waals surface area (Å²) in [7, 11) is 1.61. The van der Waals surface area contributed by atoms with E-state index in [0.29, 0.717) is 11.3 Å². The van der Waals surface area contributed by atoms with Crippen LogP contribution in [0.1, 0.15) is 24.0 Å². The molecule has 3 aromatic rings. The maximum Gasteiger partial charge on any atom is 0.227 e. The van der Waals surface area contributed by atoms with Crippen LogP contribution in [0.25, 0.3) is 10.9 Å². The van der Waals surface area contributed by atoms with Gasteiger partial charge < -0.3 is 15.0 Å². The van der Waals surface area contributed by atoms with Crippen LogP contribution in [0.4, 0.5) is 11.4 Å². The van der Waals surface area contributed by atoms with Crippen LogP contribution in [-0.2, 0) is 4.79 Å². The van der Waals surface area contributed by atoms with Gasteiger partial charge in [0.05, 0.1) is 23.9 Å². The van der Waals surface area contributed by atoms with Crippen LogP contribution in [-0.4, -0.2) is 31.1 Å². The fourth-order valence-electron chi connectivity index (χ4n) is 4.03. The van der Waals surface area contributed by atoms with Gasteiger partial charge in [-0.25, -0.2) is 0 Å².